The lowest BCUT2D eigenvalue weighted by Gasteiger charge is -2.07. The monoisotopic (exact) mass is 283 g/mol. The fourth-order valence-corrected chi connectivity index (χ4v) is 1.96. The first-order chi connectivity index (χ1) is 10.2. The topological polar surface area (TPSA) is 59.6 Å². The van der Waals surface area contributed by atoms with Gasteiger partial charge < -0.3 is 15.8 Å². The third-order valence-corrected chi connectivity index (χ3v) is 3.20. The number of nitrogens with two attached hydrogens (primary N) is 1. The first-order valence-corrected chi connectivity index (χ1v) is 7.00. The standard InChI is InChI=1S/C17H21N3O/c1-3-13-7-9-15(10-8-13)20-17(18)19-12-14-5-4-6-16(11-14)21-2/h4-11H,3,12H2,1-2H3,(H3,18,19,20). The summed E-state index contributed by atoms with van der Waals surface area (Å²) < 4.78 is 5.18. The van der Waals surface area contributed by atoms with Gasteiger partial charge in [-0.05, 0) is 41.8 Å². The van der Waals surface area contributed by atoms with Crippen molar-refractivity contribution in [3.63, 3.8) is 0 Å². The Balaban J connectivity index is 1.96. The van der Waals surface area contributed by atoms with Crippen molar-refractivity contribution >= 4 is 11.6 Å². The number of nitrogens with zero attached hydrogens (tertiary/aromatic N) is 1. The van der Waals surface area contributed by atoms with Gasteiger partial charge in [-0.3, -0.25) is 0 Å². The molecule has 0 atom stereocenters. The van der Waals surface area contributed by atoms with Gasteiger partial charge in [0, 0.05) is 5.69 Å². The van der Waals surface area contributed by atoms with Crippen molar-refractivity contribution in [1.82, 2.24) is 0 Å². The summed E-state index contributed by atoms with van der Waals surface area (Å²) in [6.07, 6.45) is 1.03. The Morgan fingerprint density at radius 2 is 1.90 bits per heavy atom. The van der Waals surface area contributed by atoms with Gasteiger partial charge in [0.05, 0.1) is 13.7 Å². The van der Waals surface area contributed by atoms with Crippen LogP contribution in [0.15, 0.2) is 53.5 Å². The number of ether oxygens (including phenoxy) is 1. The van der Waals surface area contributed by atoms with E-state index in [4.69, 9.17) is 10.5 Å². The van der Waals surface area contributed by atoms with Crippen molar-refractivity contribution in [1.29, 1.82) is 0 Å². The zero-order chi connectivity index (χ0) is 15.1. The highest BCUT2D eigenvalue weighted by Gasteiger charge is 1.98. The van der Waals surface area contributed by atoms with Gasteiger partial charge in [-0.1, -0.05) is 31.2 Å². The Bertz CT molecular complexity index is 606. The van der Waals surface area contributed by atoms with Crippen LogP contribution >= 0.6 is 0 Å². The highest BCUT2D eigenvalue weighted by molar-refractivity contribution is 5.92. The number of aliphatic imine (C=N–C) groups is 1. The molecular formula is C17H21N3O. The van der Waals surface area contributed by atoms with Crippen LogP contribution in [0.2, 0.25) is 0 Å². The zero-order valence-electron chi connectivity index (χ0n) is 12.5. The summed E-state index contributed by atoms with van der Waals surface area (Å²) in [6, 6.07) is 16.0. The maximum Gasteiger partial charge on any atom is 0.193 e. The van der Waals surface area contributed by atoms with Crippen molar-refractivity contribution in [2.24, 2.45) is 10.7 Å². The number of hydrogen-bond acceptors (Lipinski definition) is 2. The minimum atomic E-state index is 0.405. The molecule has 110 valence electrons. The van der Waals surface area contributed by atoms with E-state index in [-0.39, 0.29) is 0 Å². The number of rotatable bonds is 5. The molecule has 0 spiro atoms. The highest BCUT2D eigenvalue weighted by Crippen LogP contribution is 2.13. The van der Waals surface area contributed by atoms with Gasteiger partial charge in [0.25, 0.3) is 0 Å². The minimum absolute atomic E-state index is 0.405. The van der Waals surface area contributed by atoms with Gasteiger partial charge in [-0.2, -0.15) is 0 Å². The quantitative estimate of drug-likeness (QED) is 0.654. The van der Waals surface area contributed by atoms with Gasteiger partial charge in [0.1, 0.15) is 5.75 Å². The molecule has 0 aliphatic heterocycles. The highest BCUT2D eigenvalue weighted by atomic mass is 16.5. The molecule has 0 aliphatic carbocycles. The lowest BCUT2D eigenvalue weighted by Crippen LogP contribution is -2.22. The normalized spacial score (nSPS) is 11.2. The van der Waals surface area contributed by atoms with E-state index in [0.29, 0.717) is 12.5 Å². The van der Waals surface area contributed by atoms with E-state index >= 15 is 0 Å². The number of aryl methyl sites for hydroxylation is 1. The second kappa shape index (κ2) is 7.33. The Kier molecular flexibility index (Phi) is 5.21. The summed E-state index contributed by atoms with van der Waals surface area (Å²) >= 11 is 0. The van der Waals surface area contributed by atoms with Crippen LogP contribution in [-0.2, 0) is 13.0 Å². The third kappa shape index (κ3) is 4.53. The fraction of sp³-hybridized carbons (Fsp3) is 0.235. The smallest absolute Gasteiger partial charge is 0.193 e. The number of hydrogen-bond donors (Lipinski definition) is 2. The molecule has 0 saturated carbocycles. The summed E-state index contributed by atoms with van der Waals surface area (Å²) in [5.41, 5.74) is 9.20. The van der Waals surface area contributed by atoms with E-state index in [2.05, 4.69) is 29.4 Å². The molecule has 0 unspecified atom stereocenters. The second-order valence-electron chi connectivity index (χ2n) is 4.73. The van der Waals surface area contributed by atoms with Crippen molar-refractivity contribution in [3.05, 3.63) is 59.7 Å². The predicted molar refractivity (Wildman–Crippen MR) is 87.8 cm³/mol. The Morgan fingerprint density at radius 3 is 2.57 bits per heavy atom. The van der Waals surface area contributed by atoms with Crippen LogP contribution in [0.3, 0.4) is 0 Å². The average Bonchev–Trinajstić information content (AvgIpc) is 2.54. The molecule has 0 heterocycles. The molecule has 0 aliphatic rings. The summed E-state index contributed by atoms with van der Waals surface area (Å²) in [6.45, 7) is 2.65. The Labute approximate surface area is 125 Å². The van der Waals surface area contributed by atoms with E-state index in [9.17, 15) is 0 Å². The summed E-state index contributed by atoms with van der Waals surface area (Å²) in [5.74, 6) is 1.23. The van der Waals surface area contributed by atoms with Crippen LogP contribution in [0.1, 0.15) is 18.1 Å². The van der Waals surface area contributed by atoms with Gasteiger partial charge in [0.15, 0.2) is 5.96 Å². The van der Waals surface area contributed by atoms with Crippen molar-refractivity contribution in [2.75, 3.05) is 12.4 Å². The maximum absolute atomic E-state index is 5.90. The van der Waals surface area contributed by atoms with Crippen molar-refractivity contribution in [2.45, 2.75) is 19.9 Å². The van der Waals surface area contributed by atoms with E-state index in [1.165, 1.54) is 5.56 Å². The Hall–Kier alpha value is -2.49. The number of nitrogens with one attached hydrogen (secondary N) is 1. The van der Waals surface area contributed by atoms with Crippen LogP contribution in [0.5, 0.6) is 5.75 Å². The van der Waals surface area contributed by atoms with Gasteiger partial charge in [-0.15, -0.1) is 0 Å². The van der Waals surface area contributed by atoms with E-state index in [1.807, 2.05) is 36.4 Å². The molecule has 0 radical (unpaired) electrons. The van der Waals surface area contributed by atoms with E-state index < -0.39 is 0 Å². The summed E-state index contributed by atoms with van der Waals surface area (Å²) in [4.78, 5) is 4.34. The number of benzene rings is 2. The van der Waals surface area contributed by atoms with Crippen LogP contribution in [0, 0.1) is 0 Å². The minimum Gasteiger partial charge on any atom is -0.497 e. The molecule has 0 saturated heterocycles. The van der Waals surface area contributed by atoms with Gasteiger partial charge in [-0.25, -0.2) is 4.99 Å². The van der Waals surface area contributed by atoms with Crippen molar-refractivity contribution in [3.8, 4) is 5.75 Å². The maximum atomic E-state index is 5.90. The fourth-order valence-electron chi connectivity index (χ4n) is 1.96. The molecule has 2 rings (SSSR count). The first-order valence-electron chi connectivity index (χ1n) is 7.00. The molecule has 0 bridgehead atoms. The SMILES string of the molecule is CCc1ccc(NC(N)=NCc2cccc(OC)c2)cc1. The second-order valence-corrected chi connectivity index (χ2v) is 4.73. The largest absolute Gasteiger partial charge is 0.497 e. The molecule has 2 aromatic carbocycles. The first kappa shape index (κ1) is 14.9. The molecule has 0 fully saturated rings. The molecule has 21 heavy (non-hydrogen) atoms. The molecule has 4 nitrogen and oxygen atoms in total. The molecule has 2 aromatic rings. The van der Waals surface area contributed by atoms with Crippen LogP contribution in [-0.4, -0.2) is 13.1 Å². The lowest BCUT2D eigenvalue weighted by atomic mass is 10.1. The molecular weight excluding hydrogens is 262 g/mol. The van der Waals surface area contributed by atoms with Crippen LogP contribution < -0.4 is 15.8 Å². The third-order valence-electron chi connectivity index (χ3n) is 3.20. The van der Waals surface area contributed by atoms with Crippen LogP contribution in [0.25, 0.3) is 0 Å². The number of guanidine groups is 1. The molecule has 0 amide bonds. The lowest BCUT2D eigenvalue weighted by molar-refractivity contribution is 0.414. The number of anilines is 1. The average molecular weight is 283 g/mol. The van der Waals surface area contributed by atoms with Crippen LogP contribution in [0.4, 0.5) is 5.69 Å². The summed E-state index contributed by atoms with van der Waals surface area (Å²) in [5, 5.41) is 3.09. The van der Waals surface area contributed by atoms with E-state index in [0.717, 1.165) is 23.4 Å². The van der Waals surface area contributed by atoms with Gasteiger partial charge >= 0.3 is 0 Å². The van der Waals surface area contributed by atoms with E-state index in [1.54, 1.807) is 7.11 Å². The predicted octanol–water partition coefficient (Wildman–Crippen LogP) is 3.18. The zero-order valence-corrected chi connectivity index (χ0v) is 12.5. The molecule has 4 heteroatoms. The van der Waals surface area contributed by atoms with Gasteiger partial charge in [0.2, 0.25) is 0 Å². The Morgan fingerprint density at radius 1 is 1.14 bits per heavy atom. The number of methoxy groups -OCH3 is 1. The molecule has 0 aromatic heterocycles. The summed E-state index contributed by atoms with van der Waals surface area (Å²) in [7, 11) is 1.65. The van der Waals surface area contributed by atoms with Crippen molar-refractivity contribution < 1.29 is 4.74 Å². The molecule has 3 N–H and O–H groups in total.